The minimum atomic E-state index is -0.337. The van der Waals surface area contributed by atoms with Crippen molar-refractivity contribution in [2.45, 2.75) is 100 Å². The van der Waals surface area contributed by atoms with Gasteiger partial charge in [-0.25, -0.2) is 4.98 Å². The van der Waals surface area contributed by atoms with Gasteiger partial charge in [-0.2, -0.15) is 0 Å². The van der Waals surface area contributed by atoms with E-state index in [1.165, 1.54) is 17.0 Å². The van der Waals surface area contributed by atoms with Crippen molar-refractivity contribution in [3.05, 3.63) is 90.7 Å². The summed E-state index contributed by atoms with van der Waals surface area (Å²) in [5.41, 5.74) is 2.63. The fraction of sp³-hybridized carbons (Fsp3) is 0.405. The van der Waals surface area contributed by atoms with E-state index in [9.17, 15) is 9.90 Å². The van der Waals surface area contributed by atoms with Crippen LogP contribution in [0.3, 0.4) is 0 Å². The molecule has 0 aliphatic carbocycles. The largest absolute Gasteiger partial charge is 0.512 e. The smallest absolute Gasteiger partial charge is 0.164 e. The zero-order valence-corrected chi connectivity index (χ0v) is 33.9. The Morgan fingerprint density at radius 2 is 1.55 bits per heavy atom. The molecule has 0 unspecified atom stereocenters. The van der Waals surface area contributed by atoms with Crippen LogP contribution >= 0.6 is 11.3 Å². The van der Waals surface area contributed by atoms with Crippen molar-refractivity contribution in [1.29, 1.82) is 0 Å². The molecule has 0 bridgehead atoms. The third kappa shape index (κ3) is 8.68. The second-order valence-electron chi connectivity index (χ2n) is 14.1. The molecule has 5 nitrogen and oxygen atoms in total. The first-order valence-electron chi connectivity index (χ1n) is 17.1. The predicted molar refractivity (Wildman–Crippen MR) is 204 cm³/mol. The molecule has 2 heterocycles. The number of aliphatic hydroxyl groups excluding tert-OH is 1. The van der Waals surface area contributed by atoms with Gasteiger partial charge in [-0.05, 0) is 61.6 Å². The van der Waals surface area contributed by atoms with Gasteiger partial charge in [0.05, 0.1) is 6.26 Å². The molecule has 1 radical (unpaired) electrons. The summed E-state index contributed by atoms with van der Waals surface area (Å²) >= 11 is 1.66. The zero-order valence-electron chi connectivity index (χ0n) is 30.7. The summed E-state index contributed by atoms with van der Waals surface area (Å²) in [5.74, 6) is 1.10. The Bertz CT molecular complexity index is 1960. The Morgan fingerprint density at radius 3 is 2.16 bits per heavy atom. The fourth-order valence-electron chi connectivity index (χ4n) is 5.67. The second kappa shape index (κ2) is 16.6. The molecule has 263 valence electrons. The van der Waals surface area contributed by atoms with Crippen LogP contribution in [0.15, 0.2) is 79.0 Å². The van der Waals surface area contributed by atoms with Crippen molar-refractivity contribution in [3.63, 3.8) is 0 Å². The Labute approximate surface area is 310 Å². The van der Waals surface area contributed by atoms with Crippen molar-refractivity contribution >= 4 is 48.2 Å². The number of rotatable bonds is 10. The summed E-state index contributed by atoms with van der Waals surface area (Å²) in [6, 6.07) is 20.5. The van der Waals surface area contributed by atoms with Gasteiger partial charge >= 0.3 is 0 Å². The van der Waals surface area contributed by atoms with E-state index in [1.54, 1.807) is 23.9 Å². The van der Waals surface area contributed by atoms with Gasteiger partial charge in [-0.3, -0.25) is 9.78 Å². The molecule has 0 saturated carbocycles. The molecule has 7 heteroatoms. The van der Waals surface area contributed by atoms with E-state index in [-0.39, 0.29) is 47.9 Å². The third-order valence-corrected chi connectivity index (χ3v) is 11.1. The number of carbonyl (C=O) groups excluding carboxylic acids is 1. The Hall–Kier alpha value is -3.38. The first-order chi connectivity index (χ1) is 22.7. The standard InChI is InChI=1S/C27H23N2OS.C15H28O2.Ir/c1-5-12-30-19-10-11-21-23(15-19)31-26-24(21)25(28-16-29-26)18-13-17-8-6-7-9-20(17)22(14-18)27(2,3)4;1-7-14(5,8-2)12(16)11-13(17)15(6,9-3)10-4;/h5-12,14-16H,1-4H3;11,16H,7-10H2,1-6H3;/q-1;;/b12-5+;12-11-;. The molecule has 49 heavy (non-hydrogen) atoms. The Kier molecular flexibility index (Phi) is 13.5. The summed E-state index contributed by atoms with van der Waals surface area (Å²) in [7, 11) is 0. The number of hydrogen-bond donors (Lipinski definition) is 1. The minimum Gasteiger partial charge on any atom is -0.512 e. The SMILES string of the molecule is C/C=C/Oc1ccc2c(c1)sc1ncnc(-c3[c-]c4ccccc4c(C(C)(C)C)c3)c12.CCC(C)(CC)C(=O)/C=C(\O)C(C)(CC)CC.[Ir]. The molecule has 5 aromatic rings. The molecule has 0 atom stereocenters. The molecule has 2 aromatic heterocycles. The van der Waals surface area contributed by atoms with E-state index in [0.717, 1.165) is 68.4 Å². The molecule has 3 aromatic carbocycles. The Balaban J connectivity index is 0.000000312. The van der Waals surface area contributed by atoms with Crippen LogP contribution in [0, 0.1) is 16.9 Å². The van der Waals surface area contributed by atoms with Crippen molar-refractivity contribution in [2.75, 3.05) is 0 Å². The number of ether oxygens (including phenoxy) is 1. The molecule has 0 fully saturated rings. The van der Waals surface area contributed by atoms with Crippen LogP contribution in [-0.4, -0.2) is 20.9 Å². The monoisotopic (exact) mass is 856 g/mol. The average Bonchev–Trinajstić information content (AvgIpc) is 3.47. The summed E-state index contributed by atoms with van der Waals surface area (Å²) in [4.78, 5) is 22.4. The second-order valence-corrected chi connectivity index (χ2v) is 15.1. The summed E-state index contributed by atoms with van der Waals surface area (Å²) < 4.78 is 6.79. The van der Waals surface area contributed by atoms with Crippen molar-refractivity contribution < 1.29 is 34.7 Å². The van der Waals surface area contributed by atoms with Crippen LogP contribution in [0.25, 0.3) is 42.3 Å². The Morgan fingerprint density at radius 1 is 0.898 bits per heavy atom. The maximum Gasteiger partial charge on any atom is 0.164 e. The van der Waals surface area contributed by atoms with Gasteiger partial charge in [0.15, 0.2) is 5.78 Å². The molecular formula is C42H51IrN2O3S-. The van der Waals surface area contributed by atoms with E-state index in [2.05, 4.69) is 74.3 Å². The number of aliphatic hydroxyl groups is 1. The first kappa shape index (κ1) is 40.1. The first-order valence-corrected chi connectivity index (χ1v) is 17.9. The topological polar surface area (TPSA) is 72.3 Å². The van der Waals surface area contributed by atoms with Crippen molar-refractivity contribution in [2.24, 2.45) is 10.8 Å². The van der Waals surface area contributed by atoms with E-state index >= 15 is 0 Å². The zero-order chi connectivity index (χ0) is 35.3. The van der Waals surface area contributed by atoms with Crippen LogP contribution < -0.4 is 4.74 Å². The van der Waals surface area contributed by atoms with Gasteiger partial charge in [0.2, 0.25) is 0 Å². The van der Waals surface area contributed by atoms with Crippen LogP contribution in [0.1, 0.15) is 100 Å². The third-order valence-electron chi connectivity index (χ3n) is 10.0. The number of allylic oxidation sites excluding steroid dienone is 3. The number of benzene rings is 3. The number of carbonyl (C=O) groups is 1. The molecule has 5 rings (SSSR count). The van der Waals surface area contributed by atoms with Gasteiger partial charge in [0, 0.05) is 52.8 Å². The number of ketones is 1. The summed E-state index contributed by atoms with van der Waals surface area (Å²) in [6.07, 6.45) is 9.98. The summed E-state index contributed by atoms with van der Waals surface area (Å²) in [6.45, 7) is 20.8. The van der Waals surface area contributed by atoms with E-state index < -0.39 is 0 Å². The maximum absolute atomic E-state index is 12.2. The van der Waals surface area contributed by atoms with Crippen LogP contribution in [0.4, 0.5) is 0 Å². The van der Waals surface area contributed by atoms with E-state index in [0.29, 0.717) is 0 Å². The van der Waals surface area contributed by atoms with E-state index in [1.807, 2.05) is 60.6 Å². The van der Waals surface area contributed by atoms with Crippen LogP contribution in [0.5, 0.6) is 5.75 Å². The minimum absolute atomic E-state index is 0. The van der Waals surface area contributed by atoms with Crippen molar-refractivity contribution in [1.82, 2.24) is 9.97 Å². The molecular weight excluding hydrogens is 805 g/mol. The predicted octanol–water partition coefficient (Wildman–Crippen LogP) is 12.3. The molecule has 0 aliphatic rings. The molecule has 0 amide bonds. The molecule has 1 N–H and O–H groups in total. The molecule has 0 aliphatic heterocycles. The summed E-state index contributed by atoms with van der Waals surface area (Å²) in [5, 5.41) is 14.7. The van der Waals surface area contributed by atoms with Gasteiger partial charge in [-0.1, -0.05) is 97.5 Å². The van der Waals surface area contributed by atoms with Gasteiger partial charge in [-0.15, -0.1) is 40.5 Å². The number of fused-ring (bicyclic) bond motifs is 4. The molecule has 0 saturated heterocycles. The number of thiophene rings is 1. The maximum atomic E-state index is 12.2. The quantitative estimate of drug-likeness (QED) is 0.0861. The number of aromatic nitrogens is 2. The van der Waals surface area contributed by atoms with Crippen molar-refractivity contribution in [3.8, 4) is 17.0 Å². The van der Waals surface area contributed by atoms with Crippen LogP contribution in [-0.2, 0) is 30.3 Å². The number of nitrogens with zero attached hydrogens (tertiary/aromatic N) is 2. The van der Waals surface area contributed by atoms with Crippen LogP contribution in [0.2, 0.25) is 0 Å². The number of hydrogen-bond acceptors (Lipinski definition) is 6. The van der Waals surface area contributed by atoms with Gasteiger partial charge < -0.3 is 9.84 Å². The fourth-order valence-corrected chi connectivity index (χ4v) is 6.75. The van der Waals surface area contributed by atoms with Gasteiger partial charge in [0.1, 0.15) is 22.7 Å². The van der Waals surface area contributed by atoms with Gasteiger partial charge in [0.25, 0.3) is 0 Å². The molecule has 0 spiro atoms. The normalized spacial score (nSPS) is 12.7. The van der Waals surface area contributed by atoms with E-state index in [4.69, 9.17) is 9.72 Å². The average molecular weight is 856 g/mol.